The monoisotopic (exact) mass is 457 g/mol. The van der Waals surface area contributed by atoms with Crippen LogP contribution in [-0.4, -0.2) is 58.7 Å². The summed E-state index contributed by atoms with van der Waals surface area (Å²) >= 11 is 0. The largest absolute Gasteiger partial charge is 0.470 e. The molecule has 11 heteroatoms. The number of hydrogen-bond acceptors (Lipinski definition) is 7. The summed E-state index contributed by atoms with van der Waals surface area (Å²) in [6.45, 7) is 1.21. The van der Waals surface area contributed by atoms with Crippen molar-refractivity contribution in [2.24, 2.45) is 0 Å². The van der Waals surface area contributed by atoms with Crippen LogP contribution < -0.4 is 10.1 Å². The van der Waals surface area contributed by atoms with Crippen molar-refractivity contribution >= 4 is 17.2 Å². The van der Waals surface area contributed by atoms with E-state index >= 15 is 0 Å². The van der Waals surface area contributed by atoms with Gasteiger partial charge in [0, 0.05) is 48.2 Å². The zero-order valence-corrected chi connectivity index (χ0v) is 18.2. The molecule has 33 heavy (non-hydrogen) atoms. The lowest BCUT2D eigenvalue weighted by atomic mass is 9.80. The van der Waals surface area contributed by atoms with Gasteiger partial charge in [0.05, 0.1) is 5.60 Å². The molecular formula is C22H25F2N7O2. The summed E-state index contributed by atoms with van der Waals surface area (Å²) in [6.07, 6.45) is 9.69. The lowest BCUT2D eigenvalue weighted by molar-refractivity contribution is -0.00199. The molecule has 1 saturated carbocycles. The lowest BCUT2D eigenvalue weighted by Crippen LogP contribution is -2.38. The van der Waals surface area contributed by atoms with Gasteiger partial charge in [0.2, 0.25) is 17.6 Å². The third kappa shape index (κ3) is 4.32. The quantitative estimate of drug-likeness (QED) is 0.437. The number of nitrogens with zero attached hydrogens (tertiary/aromatic N) is 6. The summed E-state index contributed by atoms with van der Waals surface area (Å²) in [5, 5.41) is 18.3. The first-order valence-corrected chi connectivity index (χ1v) is 11.0. The van der Waals surface area contributed by atoms with Crippen LogP contribution in [0.3, 0.4) is 0 Å². The number of hydrogen-bond donors (Lipinski definition) is 2. The average Bonchev–Trinajstić information content (AvgIpc) is 3.45. The van der Waals surface area contributed by atoms with E-state index in [4.69, 9.17) is 4.74 Å². The van der Waals surface area contributed by atoms with E-state index < -0.39 is 18.6 Å². The molecule has 0 saturated heterocycles. The molecule has 5 rings (SSSR count). The van der Waals surface area contributed by atoms with Gasteiger partial charge < -0.3 is 15.2 Å². The van der Waals surface area contributed by atoms with E-state index in [-0.39, 0.29) is 11.9 Å². The van der Waals surface area contributed by atoms with Gasteiger partial charge in [-0.25, -0.2) is 23.3 Å². The van der Waals surface area contributed by atoms with Crippen molar-refractivity contribution < 1.29 is 18.6 Å². The van der Waals surface area contributed by atoms with E-state index in [0.29, 0.717) is 35.6 Å². The normalized spacial score (nSPS) is 21.2. The summed E-state index contributed by atoms with van der Waals surface area (Å²) in [5.74, 6) is 0.921. The van der Waals surface area contributed by atoms with E-state index in [9.17, 15) is 13.9 Å². The molecule has 4 aromatic rings. The number of alkyl halides is 2. The van der Waals surface area contributed by atoms with Gasteiger partial charge in [0.15, 0.2) is 6.61 Å². The third-order valence-electron chi connectivity index (χ3n) is 6.29. The highest BCUT2D eigenvalue weighted by molar-refractivity contribution is 5.84. The van der Waals surface area contributed by atoms with Gasteiger partial charge in [0.1, 0.15) is 5.52 Å². The minimum absolute atomic E-state index is 0.0689. The molecule has 0 atom stereocenters. The molecule has 0 spiro atoms. The number of anilines is 1. The Morgan fingerprint density at radius 3 is 2.85 bits per heavy atom. The smallest absolute Gasteiger partial charge is 0.272 e. The fraction of sp³-hybridized carbons (Fsp3) is 0.455. The summed E-state index contributed by atoms with van der Waals surface area (Å²) in [5.41, 5.74) is 1.32. The molecular weight excluding hydrogens is 432 g/mol. The van der Waals surface area contributed by atoms with Crippen LogP contribution in [0.2, 0.25) is 0 Å². The second kappa shape index (κ2) is 8.54. The highest BCUT2D eigenvalue weighted by Gasteiger charge is 2.32. The molecule has 4 heterocycles. The Morgan fingerprint density at radius 2 is 2.09 bits per heavy atom. The number of rotatable bonds is 7. The molecule has 2 N–H and O–H groups in total. The zero-order chi connectivity index (χ0) is 23.0. The van der Waals surface area contributed by atoms with E-state index in [2.05, 4.69) is 25.4 Å². The lowest BCUT2D eigenvalue weighted by Gasteiger charge is -2.35. The Labute approximate surface area is 188 Å². The molecule has 1 aliphatic rings. The molecule has 4 aromatic heterocycles. The number of ether oxygens (including phenoxy) is 1. The molecule has 0 bridgehead atoms. The number of imidazole rings is 1. The SMILES string of the molecule is CCC1(O)CCC(Nc2nc(OCC(F)F)c3c(-c4cnc5nccn5c4)ccn3n2)CC1. The summed E-state index contributed by atoms with van der Waals surface area (Å²) in [4.78, 5) is 12.9. The topological polar surface area (TPSA) is 102 Å². The van der Waals surface area contributed by atoms with Crippen LogP contribution in [0.25, 0.3) is 22.4 Å². The van der Waals surface area contributed by atoms with Gasteiger partial charge in [-0.15, -0.1) is 5.10 Å². The summed E-state index contributed by atoms with van der Waals surface area (Å²) in [7, 11) is 0. The number of fused-ring (bicyclic) bond motifs is 2. The zero-order valence-electron chi connectivity index (χ0n) is 18.2. The second-order valence-corrected chi connectivity index (χ2v) is 8.44. The maximum Gasteiger partial charge on any atom is 0.272 e. The van der Waals surface area contributed by atoms with Crippen LogP contribution in [0.1, 0.15) is 39.0 Å². The van der Waals surface area contributed by atoms with Crippen molar-refractivity contribution in [1.82, 2.24) is 29.0 Å². The van der Waals surface area contributed by atoms with Gasteiger partial charge >= 0.3 is 0 Å². The average molecular weight is 457 g/mol. The van der Waals surface area contributed by atoms with Crippen LogP contribution in [0.4, 0.5) is 14.7 Å². The van der Waals surface area contributed by atoms with Crippen molar-refractivity contribution in [2.75, 3.05) is 11.9 Å². The van der Waals surface area contributed by atoms with E-state index in [1.54, 1.807) is 33.7 Å². The van der Waals surface area contributed by atoms with Crippen LogP contribution in [0.15, 0.2) is 37.1 Å². The van der Waals surface area contributed by atoms with Crippen molar-refractivity contribution in [1.29, 1.82) is 0 Å². The molecule has 0 amide bonds. The van der Waals surface area contributed by atoms with Crippen molar-refractivity contribution in [3.8, 4) is 17.0 Å². The third-order valence-corrected chi connectivity index (χ3v) is 6.29. The van der Waals surface area contributed by atoms with Gasteiger partial charge in [0.25, 0.3) is 6.43 Å². The molecule has 1 aliphatic carbocycles. The van der Waals surface area contributed by atoms with E-state index in [0.717, 1.165) is 24.8 Å². The first kappa shape index (κ1) is 21.5. The fourth-order valence-corrected chi connectivity index (χ4v) is 4.32. The summed E-state index contributed by atoms with van der Waals surface area (Å²) in [6, 6.07) is 1.91. The molecule has 174 valence electrons. The highest BCUT2D eigenvalue weighted by Crippen LogP contribution is 2.34. The number of halogens is 2. The second-order valence-electron chi connectivity index (χ2n) is 8.44. The van der Waals surface area contributed by atoms with E-state index in [1.165, 1.54) is 0 Å². The standard InChI is InChI=1S/C22H25F2N7O2/c1-2-22(32)6-3-15(4-7-22)27-20-28-19(33-13-17(23)24)18-16(5-9-31(18)29-20)14-11-26-21-25-8-10-30(21)12-14/h5,8-12,15,17,32H,2-4,6-7,13H2,1H3,(H,27,29). The minimum Gasteiger partial charge on any atom is -0.470 e. The van der Waals surface area contributed by atoms with Crippen molar-refractivity contribution in [3.63, 3.8) is 0 Å². The predicted octanol–water partition coefficient (Wildman–Crippen LogP) is 3.58. The van der Waals surface area contributed by atoms with Crippen LogP contribution in [0, 0.1) is 0 Å². The maximum atomic E-state index is 13.0. The molecule has 0 aliphatic heterocycles. The number of nitrogens with one attached hydrogen (secondary N) is 1. The van der Waals surface area contributed by atoms with Gasteiger partial charge in [-0.2, -0.15) is 4.98 Å². The van der Waals surface area contributed by atoms with Crippen molar-refractivity contribution in [2.45, 2.75) is 57.1 Å². The highest BCUT2D eigenvalue weighted by atomic mass is 19.3. The first-order chi connectivity index (χ1) is 15.9. The summed E-state index contributed by atoms with van der Waals surface area (Å²) < 4.78 is 34.7. The van der Waals surface area contributed by atoms with E-state index in [1.807, 2.05) is 19.2 Å². The Kier molecular flexibility index (Phi) is 5.57. The molecule has 0 unspecified atom stereocenters. The molecule has 1 fully saturated rings. The number of aliphatic hydroxyl groups is 1. The Hall–Kier alpha value is -3.34. The van der Waals surface area contributed by atoms with Crippen LogP contribution >= 0.6 is 0 Å². The van der Waals surface area contributed by atoms with Crippen LogP contribution in [0.5, 0.6) is 5.88 Å². The van der Waals surface area contributed by atoms with Crippen molar-refractivity contribution in [3.05, 3.63) is 37.1 Å². The predicted molar refractivity (Wildman–Crippen MR) is 118 cm³/mol. The molecule has 9 nitrogen and oxygen atoms in total. The Morgan fingerprint density at radius 1 is 1.27 bits per heavy atom. The maximum absolute atomic E-state index is 13.0. The van der Waals surface area contributed by atoms with Gasteiger partial charge in [-0.1, -0.05) is 6.92 Å². The van der Waals surface area contributed by atoms with Gasteiger partial charge in [-0.3, -0.25) is 4.40 Å². The Balaban J connectivity index is 1.48. The molecule has 0 aromatic carbocycles. The molecule has 0 radical (unpaired) electrons. The Bertz CT molecular complexity index is 1260. The van der Waals surface area contributed by atoms with Crippen LogP contribution in [-0.2, 0) is 0 Å². The first-order valence-electron chi connectivity index (χ1n) is 11.0. The number of aromatic nitrogens is 6. The van der Waals surface area contributed by atoms with Gasteiger partial charge in [-0.05, 0) is 38.2 Å². The fourth-order valence-electron chi connectivity index (χ4n) is 4.32. The minimum atomic E-state index is -2.64.